The number of halogens is 2. The maximum Gasteiger partial charge on any atom is 0.238 e. The van der Waals surface area contributed by atoms with Crippen molar-refractivity contribution >= 4 is 96.6 Å². The van der Waals surface area contributed by atoms with E-state index in [4.69, 9.17) is 9.47 Å². The highest BCUT2D eigenvalue weighted by molar-refractivity contribution is 14.1. The summed E-state index contributed by atoms with van der Waals surface area (Å²) >= 11 is 9.27. The topological polar surface area (TPSA) is 59.1 Å². The number of anilines is 4. The Morgan fingerprint density at radius 3 is 1.54 bits per heavy atom. The van der Waals surface area contributed by atoms with Crippen molar-refractivity contribution in [1.29, 1.82) is 0 Å². The van der Waals surface area contributed by atoms with E-state index in [-0.39, 0.29) is 11.8 Å². The van der Waals surface area contributed by atoms with Gasteiger partial charge in [0.15, 0.2) is 0 Å². The van der Waals surface area contributed by atoms with Crippen molar-refractivity contribution in [3.05, 3.63) is 93.0 Å². The van der Waals surface area contributed by atoms with E-state index >= 15 is 0 Å². The maximum atomic E-state index is 13.4. The number of carbonyl (C=O) groups excluding carboxylic acids is 2. The van der Waals surface area contributed by atoms with Crippen molar-refractivity contribution in [1.82, 2.24) is 0 Å². The summed E-state index contributed by atoms with van der Waals surface area (Å²) in [7, 11) is 3.34. The molecule has 4 aromatic carbocycles. The van der Waals surface area contributed by atoms with Crippen LogP contribution in [0.15, 0.2) is 99.2 Å². The summed E-state index contributed by atoms with van der Waals surface area (Å²) in [6.07, 6.45) is 1.61. The van der Waals surface area contributed by atoms with E-state index in [1.54, 1.807) is 37.7 Å². The average Bonchev–Trinajstić information content (AvgIpc) is 3.28. The van der Waals surface area contributed by atoms with E-state index in [2.05, 4.69) is 66.2 Å². The molecule has 2 aliphatic heterocycles. The Morgan fingerprint density at radius 1 is 0.708 bits per heavy atom. The van der Waals surface area contributed by atoms with E-state index in [1.165, 1.54) is 0 Å². The van der Waals surface area contributed by atoms with Gasteiger partial charge in [0.25, 0.3) is 0 Å². The molecule has 0 aromatic heterocycles. The van der Waals surface area contributed by atoms with Crippen LogP contribution in [0.2, 0.25) is 0 Å². The number of para-hydroxylation sites is 2. The van der Waals surface area contributed by atoms with Gasteiger partial charge in [-0.2, -0.15) is 0 Å². The second-order valence-electron chi connectivity index (χ2n) is 12.3. The first-order valence-corrected chi connectivity index (χ1v) is 19.6. The Hall–Kier alpha value is -2.67. The first-order chi connectivity index (χ1) is 23.0. The van der Waals surface area contributed by atoms with Gasteiger partial charge in [0, 0.05) is 32.7 Å². The fourth-order valence-corrected chi connectivity index (χ4v) is 9.22. The molecule has 6 rings (SSSR count). The number of nitrogens with zero attached hydrogens (tertiary/aromatic N) is 2. The molecule has 0 N–H and O–H groups in total. The van der Waals surface area contributed by atoms with E-state index < -0.39 is 10.8 Å². The summed E-state index contributed by atoms with van der Waals surface area (Å²) in [5.74, 6) is 3.44. The van der Waals surface area contributed by atoms with Crippen LogP contribution in [0.3, 0.4) is 0 Å². The van der Waals surface area contributed by atoms with E-state index in [9.17, 15) is 9.59 Å². The molecule has 48 heavy (non-hydrogen) atoms. The summed E-state index contributed by atoms with van der Waals surface area (Å²) in [5.41, 5.74) is 2.85. The van der Waals surface area contributed by atoms with Crippen molar-refractivity contribution < 1.29 is 19.1 Å². The predicted molar refractivity (Wildman–Crippen MR) is 212 cm³/mol. The van der Waals surface area contributed by atoms with Gasteiger partial charge >= 0.3 is 0 Å². The lowest BCUT2D eigenvalue weighted by atomic mass is 9.87. The summed E-state index contributed by atoms with van der Waals surface area (Å²) in [6, 6.07) is 27.8. The highest BCUT2D eigenvalue weighted by atomic mass is 127. The maximum absolute atomic E-state index is 13.4. The van der Waals surface area contributed by atoms with E-state index in [0.29, 0.717) is 0 Å². The van der Waals surface area contributed by atoms with Crippen LogP contribution >= 0.6 is 62.0 Å². The van der Waals surface area contributed by atoms with Gasteiger partial charge in [-0.3, -0.25) is 19.4 Å². The third-order valence-corrected chi connectivity index (χ3v) is 13.4. The predicted octanol–water partition coefficient (Wildman–Crippen LogP) is 11.1. The second-order valence-corrected chi connectivity index (χ2v) is 16.3. The minimum Gasteiger partial charge on any atom is -0.496 e. The fourth-order valence-electron chi connectivity index (χ4n) is 5.47. The Labute approximate surface area is 314 Å². The normalized spacial score (nSPS) is 20.5. The molecule has 6 nitrogen and oxygen atoms in total. The lowest BCUT2D eigenvalue weighted by molar-refractivity contribution is -0.126. The zero-order valence-corrected chi connectivity index (χ0v) is 33.4. The molecule has 0 aliphatic carbocycles. The van der Waals surface area contributed by atoms with Crippen molar-refractivity contribution in [3.63, 3.8) is 0 Å². The Bertz CT molecular complexity index is 1660. The number of carbonyl (C=O) groups is 2. The van der Waals surface area contributed by atoms with Crippen LogP contribution in [0.1, 0.15) is 40.5 Å². The highest BCUT2D eigenvalue weighted by Crippen LogP contribution is 2.49. The van der Waals surface area contributed by atoms with Gasteiger partial charge in [-0.05, 0) is 114 Å². The van der Waals surface area contributed by atoms with Gasteiger partial charge in [-0.1, -0.05) is 50.2 Å². The van der Waals surface area contributed by atoms with Crippen LogP contribution in [0.4, 0.5) is 22.7 Å². The molecule has 2 heterocycles. The standard InChI is InChI=1S/C19H20BrNO2S.C19H20INO2S/c2*1-4-19(2)12-24-17-11-16(23-3)14(20)10-15(17)21(18(19)22)13-8-6-5-7-9-13/h2*5-11H,4,12H2,1-3H3. The van der Waals surface area contributed by atoms with Crippen LogP contribution in [-0.2, 0) is 9.59 Å². The first-order valence-electron chi connectivity index (χ1n) is 15.8. The summed E-state index contributed by atoms with van der Waals surface area (Å²) in [5, 5.41) is 0. The molecule has 2 atom stereocenters. The number of methoxy groups -OCH3 is 2. The number of hydrogen-bond acceptors (Lipinski definition) is 6. The number of rotatable bonds is 6. The summed E-state index contributed by atoms with van der Waals surface area (Å²) in [6.45, 7) is 8.28. The lowest BCUT2D eigenvalue weighted by Gasteiger charge is -2.31. The molecule has 0 bridgehead atoms. The molecule has 0 saturated heterocycles. The van der Waals surface area contributed by atoms with Gasteiger partial charge in [0.1, 0.15) is 11.5 Å². The molecule has 2 amide bonds. The minimum atomic E-state index is -0.404. The second kappa shape index (κ2) is 15.5. The summed E-state index contributed by atoms with van der Waals surface area (Å²) < 4.78 is 12.8. The Morgan fingerprint density at radius 2 is 1.12 bits per heavy atom. The van der Waals surface area contributed by atoms with Gasteiger partial charge in [0.2, 0.25) is 11.8 Å². The Balaban J connectivity index is 0.000000188. The van der Waals surface area contributed by atoms with Crippen molar-refractivity contribution in [2.24, 2.45) is 10.8 Å². The highest BCUT2D eigenvalue weighted by Gasteiger charge is 2.41. The van der Waals surface area contributed by atoms with Crippen molar-refractivity contribution in [2.75, 3.05) is 35.5 Å². The monoisotopic (exact) mass is 858 g/mol. The lowest BCUT2D eigenvalue weighted by Crippen LogP contribution is -2.40. The molecule has 2 unspecified atom stereocenters. The van der Waals surface area contributed by atoms with Crippen molar-refractivity contribution in [3.8, 4) is 11.5 Å². The third kappa shape index (κ3) is 7.27. The van der Waals surface area contributed by atoms with Crippen molar-refractivity contribution in [2.45, 2.75) is 50.3 Å². The molecule has 0 fully saturated rings. The van der Waals surface area contributed by atoms with Crippen LogP contribution < -0.4 is 19.3 Å². The summed E-state index contributed by atoms with van der Waals surface area (Å²) in [4.78, 5) is 32.7. The molecule has 0 saturated carbocycles. The van der Waals surface area contributed by atoms with Gasteiger partial charge in [-0.25, -0.2) is 0 Å². The Kier molecular flexibility index (Phi) is 11.8. The number of ether oxygens (including phenoxy) is 2. The number of amides is 2. The van der Waals surface area contributed by atoms with E-state index in [1.807, 2.05) is 94.7 Å². The number of hydrogen-bond donors (Lipinski definition) is 0. The minimum absolute atomic E-state index is 0.138. The number of fused-ring (bicyclic) bond motifs is 2. The first kappa shape index (κ1) is 36.6. The fraction of sp³-hybridized carbons (Fsp3) is 0.316. The zero-order valence-electron chi connectivity index (χ0n) is 28.0. The number of thioether (sulfide) groups is 2. The molecule has 0 radical (unpaired) electrons. The van der Waals surface area contributed by atoms with Crippen LogP contribution in [0, 0.1) is 14.4 Å². The smallest absolute Gasteiger partial charge is 0.238 e. The molecule has 4 aromatic rings. The quantitative estimate of drug-likeness (QED) is 0.180. The molecule has 0 spiro atoms. The van der Waals surface area contributed by atoms with Crippen LogP contribution in [0.25, 0.3) is 0 Å². The van der Waals surface area contributed by atoms with Crippen LogP contribution in [0.5, 0.6) is 11.5 Å². The van der Waals surface area contributed by atoms with Gasteiger partial charge < -0.3 is 9.47 Å². The molecular weight excluding hydrogens is 819 g/mol. The molecular formula is C38H40BrIN2O4S2. The van der Waals surface area contributed by atoms with Crippen LogP contribution in [-0.4, -0.2) is 37.5 Å². The molecule has 2 aliphatic rings. The SMILES string of the molecule is CCC1(C)CSc2cc(OC)c(Br)cc2N(c2ccccc2)C1=O.CCC1(C)CSc2cc(OC)c(I)cc2N(c2ccccc2)C1=O. The average molecular weight is 860 g/mol. The van der Waals surface area contributed by atoms with E-state index in [0.717, 1.165) is 76.4 Å². The number of benzene rings is 4. The third-order valence-electron chi connectivity index (χ3n) is 9.07. The zero-order chi connectivity index (χ0) is 34.6. The molecule has 252 valence electrons. The molecule has 10 heteroatoms. The van der Waals surface area contributed by atoms with Gasteiger partial charge in [0.05, 0.1) is 44.5 Å². The van der Waals surface area contributed by atoms with Gasteiger partial charge in [-0.15, -0.1) is 23.5 Å². The largest absolute Gasteiger partial charge is 0.496 e.